The Labute approximate surface area is 190 Å². The third-order valence-corrected chi connectivity index (χ3v) is 7.08. The zero-order valence-corrected chi connectivity index (χ0v) is 18.8. The molecule has 0 aromatic heterocycles. The number of sulfone groups is 1. The van der Waals surface area contributed by atoms with E-state index in [1.807, 2.05) is 18.2 Å². The first-order valence-corrected chi connectivity index (χ1v) is 12.4. The number of hydrogen-bond donors (Lipinski definition) is 0. The third-order valence-electron chi connectivity index (χ3n) is 5.95. The first-order chi connectivity index (χ1) is 15.5. The summed E-state index contributed by atoms with van der Waals surface area (Å²) >= 11 is 0. The Kier molecular flexibility index (Phi) is 6.41. The molecule has 0 aliphatic carbocycles. The van der Waals surface area contributed by atoms with Crippen molar-refractivity contribution in [3.63, 3.8) is 0 Å². The number of piperidine rings is 1. The Morgan fingerprint density at radius 2 is 1.70 bits per heavy atom. The zero-order valence-electron chi connectivity index (χ0n) is 18.0. The van der Waals surface area contributed by atoms with E-state index in [1.165, 1.54) is 4.90 Å². The summed E-state index contributed by atoms with van der Waals surface area (Å²) in [5.74, 6) is -0.233. The van der Waals surface area contributed by atoms with E-state index >= 15 is 0 Å². The molecule has 0 radical (unpaired) electrons. The maximum Gasteiger partial charge on any atom is 0.397 e. The second kappa shape index (κ2) is 8.98. The molecule has 0 spiro atoms. The van der Waals surface area contributed by atoms with Crippen molar-refractivity contribution in [1.29, 1.82) is 0 Å². The van der Waals surface area contributed by atoms with Crippen LogP contribution in [0.2, 0.25) is 0 Å². The fraction of sp³-hybridized carbons (Fsp3) is 0.435. The summed E-state index contributed by atoms with van der Waals surface area (Å²) in [6, 6.07) is 12.3. The van der Waals surface area contributed by atoms with Gasteiger partial charge in [0.05, 0.1) is 11.5 Å². The van der Waals surface area contributed by atoms with Crippen molar-refractivity contribution in [3.05, 3.63) is 48.0 Å². The number of carbonyl (C=O) groups excluding carboxylic acids is 1. The quantitative estimate of drug-likeness (QED) is 0.652. The molecule has 4 rings (SSSR count). The van der Waals surface area contributed by atoms with Crippen molar-refractivity contribution >= 4 is 15.7 Å². The fourth-order valence-corrected chi connectivity index (χ4v) is 4.78. The van der Waals surface area contributed by atoms with Crippen LogP contribution in [0.25, 0.3) is 11.1 Å². The van der Waals surface area contributed by atoms with Crippen LogP contribution in [0.5, 0.6) is 5.75 Å². The van der Waals surface area contributed by atoms with E-state index in [9.17, 15) is 26.4 Å². The number of alkyl halides is 3. The highest BCUT2D eigenvalue weighted by molar-refractivity contribution is 7.90. The van der Waals surface area contributed by atoms with Crippen LogP contribution >= 0.6 is 0 Å². The predicted molar refractivity (Wildman–Crippen MR) is 114 cm³/mol. The van der Waals surface area contributed by atoms with Crippen LogP contribution in [0.4, 0.5) is 13.2 Å². The molecule has 0 saturated carbocycles. The maximum absolute atomic E-state index is 12.5. The molecule has 0 N–H and O–H groups in total. The van der Waals surface area contributed by atoms with E-state index in [-0.39, 0.29) is 23.9 Å². The molecule has 2 aliphatic rings. The van der Waals surface area contributed by atoms with Gasteiger partial charge in [-0.2, -0.15) is 13.2 Å². The van der Waals surface area contributed by atoms with Gasteiger partial charge in [0.2, 0.25) is 12.2 Å². The Hall–Kier alpha value is -2.59. The van der Waals surface area contributed by atoms with Crippen molar-refractivity contribution in [2.75, 3.05) is 19.3 Å². The van der Waals surface area contributed by atoms with Crippen LogP contribution < -0.4 is 4.74 Å². The molecular weight excluding hydrogens is 459 g/mol. The molecule has 0 bridgehead atoms. The van der Waals surface area contributed by atoms with Crippen LogP contribution in [0.3, 0.4) is 0 Å². The van der Waals surface area contributed by atoms with Crippen molar-refractivity contribution < 1.29 is 35.9 Å². The summed E-state index contributed by atoms with van der Waals surface area (Å²) in [7, 11) is -3.26. The van der Waals surface area contributed by atoms with Gasteiger partial charge in [-0.15, -0.1) is 0 Å². The molecule has 10 heteroatoms. The number of carbonyl (C=O) groups is 1. The first kappa shape index (κ1) is 23.6. The molecule has 1 amide bonds. The van der Waals surface area contributed by atoms with Crippen molar-refractivity contribution in [2.24, 2.45) is 5.92 Å². The van der Waals surface area contributed by atoms with E-state index in [2.05, 4.69) is 0 Å². The number of amides is 1. The summed E-state index contributed by atoms with van der Waals surface area (Å²) in [5.41, 5.74) is 2.62. The zero-order chi connectivity index (χ0) is 23.8. The number of nitrogens with zero attached hydrogens (tertiary/aromatic N) is 1. The number of halogens is 3. The lowest BCUT2D eigenvalue weighted by molar-refractivity contribution is -0.168. The average molecular weight is 484 g/mol. The molecule has 1 fully saturated rings. The molecule has 2 heterocycles. The lowest BCUT2D eigenvalue weighted by Gasteiger charge is -2.38. The topological polar surface area (TPSA) is 72.9 Å². The van der Waals surface area contributed by atoms with Crippen LogP contribution in [0.15, 0.2) is 47.4 Å². The van der Waals surface area contributed by atoms with E-state index in [0.29, 0.717) is 25.2 Å². The van der Waals surface area contributed by atoms with Gasteiger partial charge in [0, 0.05) is 30.8 Å². The van der Waals surface area contributed by atoms with Crippen LogP contribution in [-0.4, -0.2) is 51.0 Å². The molecular formula is C23H24F3NO5S. The molecule has 2 aliphatic heterocycles. The summed E-state index contributed by atoms with van der Waals surface area (Å²) < 4.78 is 72.6. The highest BCUT2D eigenvalue weighted by atomic mass is 32.2. The van der Waals surface area contributed by atoms with Crippen molar-refractivity contribution in [3.8, 4) is 16.9 Å². The summed E-state index contributed by atoms with van der Waals surface area (Å²) in [5, 5.41) is 0. The van der Waals surface area contributed by atoms with Crippen LogP contribution in [-0.2, 0) is 26.0 Å². The molecule has 2 aromatic carbocycles. The molecule has 1 saturated heterocycles. The maximum atomic E-state index is 12.5. The largest absolute Gasteiger partial charge is 0.464 e. The predicted octanol–water partition coefficient (Wildman–Crippen LogP) is 4.18. The number of rotatable bonds is 4. The van der Waals surface area contributed by atoms with E-state index in [4.69, 9.17) is 9.47 Å². The second-order valence-electron chi connectivity index (χ2n) is 8.43. The highest BCUT2D eigenvalue weighted by Crippen LogP contribution is 2.35. The van der Waals surface area contributed by atoms with Gasteiger partial charge in [-0.05, 0) is 48.2 Å². The first-order valence-electron chi connectivity index (χ1n) is 10.6. The smallest absolute Gasteiger partial charge is 0.397 e. The number of ether oxygens (including phenoxy) is 2. The molecule has 1 unspecified atom stereocenters. The van der Waals surface area contributed by atoms with Gasteiger partial charge < -0.3 is 14.4 Å². The number of benzene rings is 2. The molecule has 2 aromatic rings. The van der Waals surface area contributed by atoms with Crippen LogP contribution in [0.1, 0.15) is 24.8 Å². The third kappa shape index (κ3) is 5.67. The van der Waals surface area contributed by atoms with Gasteiger partial charge in [-0.3, -0.25) is 4.79 Å². The van der Waals surface area contributed by atoms with E-state index in [0.717, 1.165) is 22.9 Å². The number of likely N-dealkylation sites (tertiary alicyclic amines) is 1. The normalized spacial score (nSPS) is 19.6. The lowest BCUT2D eigenvalue weighted by Crippen LogP contribution is -2.44. The summed E-state index contributed by atoms with van der Waals surface area (Å²) in [6.07, 6.45) is -4.26. The Bertz CT molecular complexity index is 1120. The van der Waals surface area contributed by atoms with Gasteiger partial charge in [-0.1, -0.05) is 18.2 Å². The average Bonchev–Trinajstić information content (AvgIpc) is 2.77. The van der Waals surface area contributed by atoms with Gasteiger partial charge >= 0.3 is 6.18 Å². The Morgan fingerprint density at radius 3 is 2.30 bits per heavy atom. The Morgan fingerprint density at radius 1 is 1.06 bits per heavy atom. The van der Waals surface area contributed by atoms with Gasteiger partial charge in [0.15, 0.2) is 9.84 Å². The molecule has 33 heavy (non-hydrogen) atoms. The van der Waals surface area contributed by atoms with Crippen LogP contribution in [0, 0.1) is 5.92 Å². The SMILES string of the molecule is CS(=O)(=O)c1ccc(-c2ccc3c(c2)COC(C2CCN(C(=O)CC(F)(F)F)CC2)O3)cc1. The minimum atomic E-state index is -4.50. The van der Waals surface area contributed by atoms with Crippen molar-refractivity contribution in [1.82, 2.24) is 4.90 Å². The molecule has 6 nitrogen and oxygen atoms in total. The summed E-state index contributed by atoms with van der Waals surface area (Å²) in [4.78, 5) is 13.3. The number of hydrogen-bond acceptors (Lipinski definition) is 5. The van der Waals surface area contributed by atoms with E-state index < -0.39 is 34.6 Å². The van der Waals surface area contributed by atoms with Crippen molar-refractivity contribution in [2.45, 2.75) is 43.2 Å². The number of fused-ring (bicyclic) bond motifs is 1. The highest BCUT2D eigenvalue weighted by Gasteiger charge is 2.37. The molecule has 178 valence electrons. The molecule has 1 atom stereocenters. The van der Waals surface area contributed by atoms with Gasteiger partial charge in [0.25, 0.3) is 0 Å². The van der Waals surface area contributed by atoms with E-state index in [1.54, 1.807) is 24.3 Å². The standard InChI is InChI=1S/C23H24F3NO5S/c1-33(29,30)19-5-2-15(3-6-19)17-4-7-20-18(12-17)14-31-22(32-20)16-8-10-27(11-9-16)21(28)13-23(24,25)26/h2-7,12,16,22H,8-11,13-14H2,1H3. The minimum Gasteiger partial charge on any atom is -0.464 e. The second-order valence-corrected chi connectivity index (χ2v) is 10.4. The Balaban J connectivity index is 1.38. The van der Waals surface area contributed by atoms with Gasteiger partial charge in [0.1, 0.15) is 12.2 Å². The lowest BCUT2D eigenvalue weighted by atomic mass is 9.95. The summed E-state index contributed by atoms with van der Waals surface area (Å²) in [6.45, 7) is 0.818. The van der Waals surface area contributed by atoms with Gasteiger partial charge in [-0.25, -0.2) is 8.42 Å². The monoisotopic (exact) mass is 483 g/mol. The fourth-order valence-electron chi connectivity index (χ4n) is 4.15. The minimum absolute atomic E-state index is 0.0173.